The molecule has 2 aromatic rings. The van der Waals surface area contributed by atoms with Gasteiger partial charge in [-0.15, -0.1) is 0 Å². The Labute approximate surface area is 154 Å². The number of furan rings is 1. The highest BCUT2D eigenvalue weighted by Crippen LogP contribution is 2.22. The highest BCUT2D eigenvalue weighted by Gasteiger charge is 2.19. The first-order valence-corrected chi connectivity index (χ1v) is 10.1. The maximum absolute atomic E-state index is 12.1. The third-order valence-corrected chi connectivity index (χ3v) is 4.67. The number of anilines is 1. The summed E-state index contributed by atoms with van der Waals surface area (Å²) < 4.78 is 36.1. The van der Waals surface area contributed by atoms with Gasteiger partial charge in [-0.2, -0.15) is 0 Å². The lowest BCUT2D eigenvalue weighted by Crippen LogP contribution is -2.34. The lowest BCUT2D eigenvalue weighted by Gasteiger charge is -2.22. The van der Waals surface area contributed by atoms with Gasteiger partial charge in [-0.1, -0.05) is 0 Å². The zero-order valence-corrected chi connectivity index (χ0v) is 16.0. The first-order valence-electron chi connectivity index (χ1n) is 8.29. The molecule has 26 heavy (non-hydrogen) atoms. The van der Waals surface area contributed by atoms with Crippen LogP contribution in [0, 0.1) is 0 Å². The molecule has 1 aromatic carbocycles. The maximum Gasteiger partial charge on any atom is 0.232 e. The molecular formula is C18H24N2O5S. The van der Waals surface area contributed by atoms with Crippen molar-refractivity contribution in [3.63, 3.8) is 0 Å². The van der Waals surface area contributed by atoms with Crippen LogP contribution in [0.2, 0.25) is 0 Å². The van der Waals surface area contributed by atoms with E-state index >= 15 is 0 Å². The van der Waals surface area contributed by atoms with E-state index in [1.165, 1.54) is 10.6 Å². The van der Waals surface area contributed by atoms with Crippen molar-refractivity contribution < 1.29 is 22.4 Å². The van der Waals surface area contributed by atoms with Gasteiger partial charge in [0.05, 0.1) is 30.9 Å². The summed E-state index contributed by atoms with van der Waals surface area (Å²) in [5, 5.41) is 2.70. The van der Waals surface area contributed by atoms with Crippen LogP contribution in [0.15, 0.2) is 47.1 Å². The Kier molecular flexibility index (Phi) is 6.68. The quantitative estimate of drug-likeness (QED) is 0.722. The van der Waals surface area contributed by atoms with Gasteiger partial charge in [0.25, 0.3) is 0 Å². The van der Waals surface area contributed by atoms with Crippen molar-refractivity contribution in [2.24, 2.45) is 0 Å². The van der Waals surface area contributed by atoms with E-state index in [1.807, 2.05) is 13.8 Å². The van der Waals surface area contributed by atoms with Crippen molar-refractivity contribution in [3.05, 3.63) is 48.4 Å². The number of benzene rings is 1. The molecule has 0 aliphatic carbocycles. The lowest BCUT2D eigenvalue weighted by molar-refractivity contribution is -0.121. The number of nitrogens with one attached hydrogen (secondary N) is 1. The van der Waals surface area contributed by atoms with Crippen LogP contribution in [0.1, 0.15) is 26.0 Å². The third kappa shape index (κ3) is 6.11. The summed E-state index contributed by atoms with van der Waals surface area (Å²) in [4.78, 5) is 12.0. The topological polar surface area (TPSA) is 88.8 Å². The van der Waals surface area contributed by atoms with Gasteiger partial charge in [-0.25, -0.2) is 8.42 Å². The van der Waals surface area contributed by atoms with E-state index < -0.39 is 10.0 Å². The summed E-state index contributed by atoms with van der Waals surface area (Å²) in [6, 6.07) is 10.2. The minimum Gasteiger partial charge on any atom is -0.491 e. The standard InChI is InChI=1S/C18H24N2O5S/c1-14(2)25-16-8-6-15(7-9-16)20(26(3,22)23)11-10-18(21)19-13-17-5-4-12-24-17/h4-9,12,14H,10-11,13H2,1-3H3,(H,19,21). The molecule has 0 atom stereocenters. The summed E-state index contributed by atoms with van der Waals surface area (Å²) in [6.07, 6.45) is 2.72. The van der Waals surface area contributed by atoms with Crippen LogP contribution in [0.4, 0.5) is 5.69 Å². The first kappa shape index (κ1) is 19.8. The molecule has 0 radical (unpaired) electrons. The van der Waals surface area contributed by atoms with Crippen LogP contribution in [0.25, 0.3) is 0 Å². The molecule has 1 N–H and O–H groups in total. The number of hydrogen-bond acceptors (Lipinski definition) is 5. The fraction of sp³-hybridized carbons (Fsp3) is 0.389. The number of nitrogens with zero attached hydrogens (tertiary/aromatic N) is 1. The summed E-state index contributed by atoms with van der Waals surface area (Å²) in [5.41, 5.74) is 0.488. The fourth-order valence-corrected chi connectivity index (χ4v) is 3.27. The Hall–Kier alpha value is -2.48. The zero-order chi connectivity index (χ0) is 19.2. The average Bonchev–Trinajstić information content (AvgIpc) is 3.06. The van der Waals surface area contributed by atoms with Crippen molar-refractivity contribution in [1.29, 1.82) is 0 Å². The largest absolute Gasteiger partial charge is 0.491 e. The van der Waals surface area contributed by atoms with Gasteiger partial charge in [0.15, 0.2) is 0 Å². The van der Waals surface area contributed by atoms with Crippen molar-refractivity contribution >= 4 is 21.6 Å². The van der Waals surface area contributed by atoms with Crippen molar-refractivity contribution in [3.8, 4) is 5.75 Å². The Morgan fingerprint density at radius 2 is 1.92 bits per heavy atom. The molecule has 1 amide bonds. The van der Waals surface area contributed by atoms with Crippen LogP contribution in [0.5, 0.6) is 5.75 Å². The molecule has 1 aromatic heterocycles. The van der Waals surface area contributed by atoms with E-state index in [1.54, 1.807) is 36.4 Å². The number of hydrogen-bond donors (Lipinski definition) is 1. The predicted octanol–water partition coefficient (Wildman–Crippen LogP) is 2.54. The highest BCUT2D eigenvalue weighted by molar-refractivity contribution is 7.92. The van der Waals surface area contributed by atoms with E-state index in [0.717, 1.165) is 6.26 Å². The van der Waals surface area contributed by atoms with Gasteiger partial charge < -0.3 is 14.5 Å². The fourth-order valence-electron chi connectivity index (χ4n) is 2.34. The molecule has 0 aliphatic heterocycles. The van der Waals surface area contributed by atoms with E-state index in [9.17, 15) is 13.2 Å². The Bertz CT molecular complexity index is 799. The Balaban J connectivity index is 1.98. The molecule has 1 heterocycles. The average molecular weight is 380 g/mol. The molecule has 7 nitrogen and oxygen atoms in total. The zero-order valence-electron chi connectivity index (χ0n) is 15.1. The molecule has 0 saturated carbocycles. The van der Waals surface area contributed by atoms with Gasteiger partial charge in [0.2, 0.25) is 15.9 Å². The minimum atomic E-state index is -3.51. The minimum absolute atomic E-state index is 0.0321. The van der Waals surface area contributed by atoms with E-state index in [4.69, 9.17) is 9.15 Å². The van der Waals surface area contributed by atoms with Gasteiger partial charge in [-0.3, -0.25) is 9.10 Å². The van der Waals surface area contributed by atoms with Crippen LogP contribution >= 0.6 is 0 Å². The van der Waals surface area contributed by atoms with Gasteiger partial charge in [0.1, 0.15) is 11.5 Å². The maximum atomic E-state index is 12.1. The molecule has 0 saturated heterocycles. The van der Waals surface area contributed by atoms with Crippen molar-refractivity contribution in [2.45, 2.75) is 32.9 Å². The van der Waals surface area contributed by atoms with Gasteiger partial charge in [0, 0.05) is 13.0 Å². The molecular weight excluding hydrogens is 356 g/mol. The summed E-state index contributed by atoms with van der Waals surface area (Å²) in [7, 11) is -3.51. The van der Waals surface area contributed by atoms with Crippen LogP contribution in [-0.2, 0) is 21.4 Å². The number of ether oxygens (including phenoxy) is 1. The van der Waals surface area contributed by atoms with E-state index in [-0.39, 0.29) is 31.5 Å². The number of carbonyl (C=O) groups excluding carboxylic acids is 1. The summed E-state index contributed by atoms with van der Waals surface area (Å²) >= 11 is 0. The van der Waals surface area contributed by atoms with Crippen LogP contribution in [-0.4, -0.2) is 33.2 Å². The van der Waals surface area contributed by atoms with Crippen molar-refractivity contribution in [2.75, 3.05) is 17.1 Å². The number of sulfonamides is 1. The second kappa shape index (κ2) is 8.75. The normalized spacial score (nSPS) is 11.4. The highest BCUT2D eigenvalue weighted by atomic mass is 32.2. The monoisotopic (exact) mass is 380 g/mol. The third-order valence-electron chi connectivity index (χ3n) is 3.48. The molecule has 0 bridgehead atoms. The molecule has 8 heteroatoms. The molecule has 142 valence electrons. The summed E-state index contributed by atoms with van der Waals surface area (Å²) in [6.45, 7) is 4.15. The lowest BCUT2D eigenvalue weighted by atomic mass is 10.3. The van der Waals surface area contributed by atoms with Gasteiger partial charge >= 0.3 is 0 Å². The van der Waals surface area contributed by atoms with Gasteiger partial charge in [-0.05, 0) is 50.2 Å². The van der Waals surface area contributed by atoms with E-state index in [2.05, 4.69) is 5.32 Å². The first-order chi connectivity index (χ1) is 12.3. The van der Waals surface area contributed by atoms with Crippen LogP contribution < -0.4 is 14.4 Å². The number of carbonyl (C=O) groups is 1. The number of rotatable bonds is 9. The smallest absolute Gasteiger partial charge is 0.232 e. The predicted molar refractivity (Wildman–Crippen MR) is 99.6 cm³/mol. The second-order valence-electron chi connectivity index (χ2n) is 6.10. The molecule has 0 fully saturated rings. The number of amides is 1. The van der Waals surface area contributed by atoms with E-state index in [0.29, 0.717) is 17.2 Å². The molecule has 0 unspecified atom stereocenters. The summed E-state index contributed by atoms with van der Waals surface area (Å²) in [5.74, 6) is 1.04. The van der Waals surface area contributed by atoms with Crippen molar-refractivity contribution in [1.82, 2.24) is 5.32 Å². The molecule has 2 rings (SSSR count). The Morgan fingerprint density at radius 3 is 2.46 bits per heavy atom. The SMILES string of the molecule is CC(C)Oc1ccc(N(CCC(=O)NCc2ccco2)S(C)(=O)=O)cc1. The van der Waals surface area contributed by atoms with Crippen LogP contribution in [0.3, 0.4) is 0 Å². The second-order valence-corrected chi connectivity index (χ2v) is 8.01. The molecule has 0 aliphatic rings. The Morgan fingerprint density at radius 1 is 1.23 bits per heavy atom. The molecule has 0 spiro atoms.